The van der Waals surface area contributed by atoms with Gasteiger partial charge in [0.15, 0.2) is 0 Å². The molecule has 130 valence electrons. The van der Waals surface area contributed by atoms with Gasteiger partial charge in [-0.2, -0.15) is 0 Å². The maximum absolute atomic E-state index is 12.8. The lowest BCUT2D eigenvalue weighted by atomic mass is 10.0. The molecule has 0 bridgehead atoms. The number of hydrogen-bond acceptors (Lipinski definition) is 3. The van der Waals surface area contributed by atoms with Crippen molar-refractivity contribution in [2.45, 2.75) is 0 Å². The summed E-state index contributed by atoms with van der Waals surface area (Å²) in [6.07, 6.45) is 0. The van der Waals surface area contributed by atoms with Gasteiger partial charge in [0.25, 0.3) is 5.91 Å². The molecule has 3 rings (SSSR count). The second-order valence-corrected chi connectivity index (χ2v) is 5.82. The fraction of sp³-hybridized carbons (Fsp3) is 0.0909. The number of amides is 1. The lowest BCUT2D eigenvalue weighted by Gasteiger charge is -2.20. The van der Waals surface area contributed by atoms with Crippen LogP contribution in [0.4, 0.5) is 5.69 Å². The first kappa shape index (κ1) is 17.4. The van der Waals surface area contributed by atoms with E-state index in [2.05, 4.69) is 0 Å². The first-order valence-electron chi connectivity index (χ1n) is 8.22. The number of hydrogen-bond donors (Lipinski definition) is 0. The molecule has 4 nitrogen and oxygen atoms in total. The van der Waals surface area contributed by atoms with Crippen molar-refractivity contribution in [3.05, 3.63) is 90.0 Å². The Hall–Kier alpha value is -3.40. The number of para-hydroxylation sites is 1. The maximum atomic E-state index is 12.8. The molecule has 0 heterocycles. The Kier molecular flexibility index (Phi) is 5.13. The Morgan fingerprint density at radius 1 is 0.769 bits per heavy atom. The molecule has 0 unspecified atom stereocenters. The van der Waals surface area contributed by atoms with E-state index < -0.39 is 5.97 Å². The average Bonchev–Trinajstić information content (AvgIpc) is 2.73. The van der Waals surface area contributed by atoms with Gasteiger partial charge in [-0.05, 0) is 35.4 Å². The molecule has 4 heteroatoms. The Labute approximate surface area is 152 Å². The number of benzene rings is 3. The summed E-state index contributed by atoms with van der Waals surface area (Å²) in [7, 11) is 2.97. The molecule has 0 radical (unpaired) electrons. The van der Waals surface area contributed by atoms with Gasteiger partial charge in [0.05, 0.1) is 18.4 Å². The van der Waals surface area contributed by atoms with Crippen molar-refractivity contribution in [2.24, 2.45) is 0 Å². The highest BCUT2D eigenvalue weighted by Gasteiger charge is 2.19. The molecule has 0 saturated carbocycles. The van der Waals surface area contributed by atoms with Crippen molar-refractivity contribution in [2.75, 3.05) is 19.1 Å². The summed E-state index contributed by atoms with van der Waals surface area (Å²) in [4.78, 5) is 26.2. The molecule has 0 atom stereocenters. The Morgan fingerprint density at radius 2 is 1.35 bits per heavy atom. The second-order valence-electron chi connectivity index (χ2n) is 5.82. The van der Waals surface area contributed by atoms with Crippen molar-refractivity contribution in [3.8, 4) is 11.1 Å². The van der Waals surface area contributed by atoms with Crippen molar-refractivity contribution in [1.29, 1.82) is 0 Å². The van der Waals surface area contributed by atoms with Crippen molar-refractivity contribution in [3.63, 3.8) is 0 Å². The number of ether oxygens (including phenoxy) is 1. The molecule has 3 aromatic rings. The molecular weight excluding hydrogens is 326 g/mol. The van der Waals surface area contributed by atoms with E-state index in [1.54, 1.807) is 43.4 Å². The van der Waals surface area contributed by atoms with Crippen LogP contribution in [-0.4, -0.2) is 26.0 Å². The molecule has 0 saturated heterocycles. The van der Waals surface area contributed by atoms with Gasteiger partial charge in [-0.3, -0.25) is 4.79 Å². The van der Waals surface area contributed by atoms with Crippen LogP contribution >= 0.6 is 0 Å². The van der Waals surface area contributed by atoms with Gasteiger partial charge in [0.1, 0.15) is 0 Å². The van der Waals surface area contributed by atoms with E-state index >= 15 is 0 Å². The minimum absolute atomic E-state index is 0.194. The molecule has 1 amide bonds. The van der Waals surface area contributed by atoms with Crippen molar-refractivity contribution in [1.82, 2.24) is 0 Å². The van der Waals surface area contributed by atoms with E-state index in [9.17, 15) is 9.59 Å². The third kappa shape index (κ3) is 3.49. The Bertz CT molecular complexity index is 918. The number of nitrogens with zero attached hydrogens (tertiary/aromatic N) is 1. The third-order valence-electron chi connectivity index (χ3n) is 4.21. The fourth-order valence-electron chi connectivity index (χ4n) is 2.79. The zero-order chi connectivity index (χ0) is 18.5. The van der Waals surface area contributed by atoms with Crippen LogP contribution in [0.1, 0.15) is 20.7 Å². The molecule has 0 N–H and O–H groups in total. The van der Waals surface area contributed by atoms with Crippen LogP contribution in [0, 0.1) is 0 Å². The van der Waals surface area contributed by atoms with Gasteiger partial charge in [0.2, 0.25) is 0 Å². The summed E-state index contributed by atoms with van der Waals surface area (Å²) in [5.74, 6) is -0.666. The van der Waals surface area contributed by atoms with Crippen molar-refractivity contribution < 1.29 is 14.3 Å². The maximum Gasteiger partial charge on any atom is 0.339 e. The van der Waals surface area contributed by atoms with E-state index in [0.29, 0.717) is 16.8 Å². The molecule has 26 heavy (non-hydrogen) atoms. The van der Waals surface area contributed by atoms with Gasteiger partial charge in [0, 0.05) is 12.6 Å². The quantitative estimate of drug-likeness (QED) is 0.658. The summed E-state index contributed by atoms with van der Waals surface area (Å²) >= 11 is 0. The number of carbonyl (C=O) groups is 2. The monoisotopic (exact) mass is 345 g/mol. The number of methoxy groups -OCH3 is 1. The fourth-order valence-corrected chi connectivity index (χ4v) is 2.79. The number of carbonyl (C=O) groups excluding carboxylic acids is 2. The van der Waals surface area contributed by atoms with Crippen LogP contribution in [-0.2, 0) is 4.74 Å². The second kappa shape index (κ2) is 7.66. The zero-order valence-electron chi connectivity index (χ0n) is 14.7. The first-order valence-corrected chi connectivity index (χ1v) is 8.22. The average molecular weight is 345 g/mol. The number of anilines is 1. The van der Waals surface area contributed by atoms with Crippen LogP contribution < -0.4 is 4.90 Å². The van der Waals surface area contributed by atoms with Crippen LogP contribution in [0.25, 0.3) is 11.1 Å². The SMILES string of the molecule is COC(=O)c1ccccc1N(C)C(=O)c1ccc(-c2ccccc2)cc1. The van der Waals surface area contributed by atoms with E-state index in [4.69, 9.17) is 4.74 Å². The molecule has 0 spiro atoms. The molecule has 0 aliphatic rings. The van der Waals surface area contributed by atoms with Crippen LogP contribution in [0.3, 0.4) is 0 Å². The van der Waals surface area contributed by atoms with Crippen LogP contribution in [0.15, 0.2) is 78.9 Å². The molecule has 0 aliphatic heterocycles. The van der Waals surface area contributed by atoms with Crippen molar-refractivity contribution >= 4 is 17.6 Å². The predicted octanol–water partition coefficient (Wildman–Crippen LogP) is 4.42. The zero-order valence-corrected chi connectivity index (χ0v) is 14.7. The summed E-state index contributed by atoms with van der Waals surface area (Å²) in [6, 6.07) is 24.3. The lowest BCUT2D eigenvalue weighted by molar-refractivity contribution is 0.0601. The number of esters is 1. The summed E-state index contributed by atoms with van der Waals surface area (Å²) < 4.78 is 4.80. The molecule has 0 aliphatic carbocycles. The Morgan fingerprint density at radius 3 is 2.00 bits per heavy atom. The van der Waals surface area contributed by atoms with E-state index in [1.165, 1.54) is 12.0 Å². The van der Waals surface area contributed by atoms with E-state index in [1.807, 2.05) is 42.5 Å². The first-order chi connectivity index (χ1) is 12.6. The van der Waals surface area contributed by atoms with Gasteiger partial charge >= 0.3 is 5.97 Å². The molecular formula is C22H19NO3. The lowest BCUT2D eigenvalue weighted by Crippen LogP contribution is -2.28. The van der Waals surface area contributed by atoms with E-state index in [-0.39, 0.29) is 5.91 Å². The van der Waals surface area contributed by atoms with Gasteiger partial charge in [-0.1, -0.05) is 54.6 Å². The van der Waals surface area contributed by atoms with Crippen LogP contribution in [0.5, 0.6) is 0 Å². The molecule has 3 aromatic carbocycles. The van der Waals surface area contributed by atoms with Gasteiger partial charge < -0.3 is 9.64 Å². The number of rotatable bonds is 4. The Balaban J connectivity index is 1.87. The molecule has 0 fully saturated rings. The predicted molar refractivity (Wildman–Crippen MR) is 102 cm³/mol. The normalized spacial score (nSPS) is 10.2. The summed E-state index contributed by atoms with van der Waals surface area (Å²) in [5.41, 5.74) is 3.55. The van der Waals surface area contributed by atoms with E-state index in [0.717, 1.165) is 11.1 Å². The highest BCUT2D eigenvalue weighted by atomic mass is 16.5. The van der Waals surface area contributed by atoms with Gasteiger partial charge in [-0.15, -0.1) is 0 Å². The smallest absolute Gasteiger partial charge is 0.339 e. The highest BCUT2D eigenvalue weighted by molar-refractivity contribution is 6.09. The minimum atomic E-state index is -0.473. The highest BCUT2D eigenvalue weighted by Crippen LogP contribution is 2.23. The van der Waals surface area contributed by atoms with Gasteiger partial charge in [-0.25, -0.2) is 4.79 Å². The standard InChI is InChI=1S/C22H19NO3/c1-23(20-11-7-6-10-19(20)22(25)26-2)21(24)18-14-12-17(13-15-18)16-8-4-3-5-9-16/h3-15H,1-2H3. The largest absolute Gasteiger partial charge is 0.465 e. The van der Waals surface area contributed by atoms with Crippen LogP contribution in [0.2, 0.25) is 0 Å². The third-order valence-corrected chi connectivity index (χ3v) is 4.21. The topological polar surface area (TPSA) is 46.6 Å². The minimum Gasteiger partial charge on any atom is -0.465 e. The molecule has 0 aromatic heterocycles. The summed E-state index contributed by atoms with van der Waals surface area (Å²) in [5, 5.41) is 0. The summed E-state index contributed by atoms with van der Waals surface area (Å²) in [6.45, 7) is 0.